The third-order valence-corrected chi connectivity index (χ3v) is 3.34. The second-order valence-electron chi connectivity index (χ2n) is 5.52. The monoisotopic (exact) mass is 268 g/mol. The number of allylic oxidation sites excluding steroid dienone is 2. The Kier molecular flexibility index (Phi) is 11.7. The normalized spacial score (nSPS) is 12.0. The molecule has 19 heavy (non-hydrogen) atoms. The van der Waals surface area contributed by atoms with E-state index in [0.29, 0.717) is 6.61 Å². The van der Waals surface area contributed by atoms with E-state index in [2.05, 4.69) is 26.8 Å². The van der Waals surface area contributed by atoms with E-state index in [-0.39, 0.29) is 11.9 Å². The van der Waals surface area contributed by atoms with Gasteiger partial charge in [0.05, 0.1) is 12.5 Å². The molecule has 0 amide bonds. The summed E-state index contributed by atoms with van der Waals surface area (Å²) in [6.07, 6.45) is 11.6. The molecular weight excluding hydrogens is 236 g/mol. The van der Waals surface area contributed by atoms with E-state index >= 15 is 0 Å². The first-order chi connectivity index (χ1) is 9.11. The predicted molar refractivity (Wildman–Crippen MR) is 82.2 cm³/mol. The predicted octanol–water partition coefficient (Wildman–Crippen LogP) is 5.27. The van der Waals surface area contributed by atoms with Crippen molar-refractivity contribution in [3.05, 3.63) is 11.6 Å². The molecule has 0 N–H and O–H groups in total. The fraction of sp³-hybridized carbons (Fsp3) is 0.824. The number of unbranched alkanes of at least 4 members (excludes halogenated alkanes) is 5. The van der Waals surface area contributed by atoms with Crippen LogP contribution in [0.1, 0.15) is 79.1 Å². The lowest BCUT2D eigenvalue weighted by molar-refractivity contribution is -0.148. The van der Waals surface area contributed by atoms with Gasteiger partial charge in [0.25, 0.3) is 0 Å². The van der Waals surface area contributed by atoms with Crippen molar-refractivity contribution < 1.29 is 9.53 Å². The van der Waals surface area contributed by atoms with Gasteiger partial charge < -0.3 is 4.74 Å². The molecule has 1 atom stereocenters. The highest BCUT2D eigenvalue weighted by Crippen LogP contribution is 2.18. The van der Waals surface area contributed by atoms with Gasteiger partial charge in [-0.25, -0.2) is 0 Å². The molecule has 0 aromatic rings. The van der Waals surface area contributed by atoms with Gasteiger partial charge in [0.15, 0.2) is 0 Å². The van der Waals surface area contributed by atoms with Gasteiger partial charge in [0, 0.05) is 0 Å². The zero-order valence-corrected chi connectivity index (χ0v) is 13.3. The number of carbonyl (C=O) groups is 1. The quantitative estimate of drug-likeness (QED) is 0.290. The molecule has 0 bridgehead atoms. The minimum atomic E-state index is -0.0199. The van der Waals surface area contributed by atoms with Crippen LogP contribution in [0.3, 0.4) is 0 Å². The minimum Gasteiger partial charge on any atom is -0.466 e. The van der Waals surface area contributed by atoms with Gasteiger partial charge in [0.1, 0.15) is 0 Å². The highest BCUT2D eigenvalue weighted by molar-refractivity contribution is 5.72. The third-order valence-electron chi connectivity index (χ3n) is 3.34. The molecule has 0 aliphatic rings. The maximum atomic E-state index is 11.9. The third kappa shape index (κ3) is 10.8. The largest absolute Gasteiger partial charge is 0.466 e. The molecule has 0 radical (unpaired) electrons. The average molecular weight is 268 g/mol. The van der Waals surface area contributed by atoms with Crippen LogP contribution in [0.25, 0.3) is 0 Å². The summed E-state index contributed by atoms with van der Waals surface area (Å²) >= 11 is 0. The topological polar surface area (TPSA) is 26.3 Å². The molecule has 0 aromatic carbocycles. The number of rotatable bonds is 11. The number of esters is 1. The van der Waals surface area contributed by atoms with Gasteiger partial charge in [0.2, 0.25) is 0 Å². The zero-order valence-electron chi connectivity index (χ0n) is 13.3. The van der Waals surface area contributed by atoms with Crippen LogP contribution in [0, 0.1) is 5.92 Å². The summed E-state index contributed by atoms with van der Waals surface area (Å²) in [7, 11) is 0. The number of hydrogen-bond donors (Lipinski definition) is 0. The number of ether oxygens (including phenoxy) is 1. The molecule has 2 nitrogen and oxygen atoms in total. The lowest BCUT2D eigenvalue weighted by Gasteiger charge is -2.14. The second kappa shape index (κ2) is 12.3. The van der Waals surface area contributed by atoms with Gasteiger partial charge >= 0.3 is 5.97 Å². The van der Waals surface area contributed by atoms with Crippen LogP contribution in [0.2, 0.25) is 0 Å². The van der Waals surface area contributed by atoms with Crippen LogP contribution in [0.15, 0.2) is 11.6 Å². The van der Waals surface area contributed by atoms with E-state index in [4.69, 9.17) is 4.74 Å². The number of hydrogen-bond acceptors (Lipinski definition) is 2. The van der Waals surface area contributed by atoms with E-state index in [0.717, 1.165) is 19.3 Å². The highest BCUT2D eigenvalue weighted by atomic mass is 16.5. The molecule has 0 rings (SSSR count). The zero-order chi connectivity index (χ0) is 14.5. The molecule has 0 heterocycles. The Morgan fingerprint density at radius 3 is 2.26 bits per heavy atom. The number of carbonyl (C=O) groups excluding carboxylic acids is 1. The van der Waals surface area contributed by atoms with Crippen molar-refractivity contribution >= 4 is 5.97 Å². The molecule has 0 fully saturated rings. The van der Waals surface area contributed by atoms with E-state index in [9.17, 15) is 4.79 Å². The maximum absolute atomic E-state index is 11.9. The molecule has 0 aliphatic carbocycles. The molecule has 0 aliphatic heterocycles. The summed E-state index contributed by atoms with van der Waals surface area (Å²) in [6.45, 7) is 8.75. The summed E-state index contributed by atoms with van der Waals surface area (Å²) in [5, 5.41) is 0. The fourth-order valence-corrected chi connectivity index (χ4v) is 2.14. The molecule has 112 valence electrons. The van der Waals surface area contributed by atoms with Gasteiger partial charge in [-0.05, 0) is 33.6 Å². The maximum Gasteiger partial charge on any atom is 0.309 e. The molecule has 0 spiro atoms. The van der Waals surface area contributed by atoms with Crippen molar-refractivity contribution in [1.82, 2.24) is 0 Å². The molecule has 1 unspecified atom stereocenters. The summed E-state index contributed by atoms with van der Waals surface area (Å²) in [6, 6.07) is 0. The Morgan fingerprint density at radius 1 is 1.05 bits per heavy atom. The average Bonchev–Trinajstić information content (AvgIpc) is 2.37. The van der Waals surface area contributed by atoms with Crippen LogP contribution in [-0.2, 0) is 9.53 Å². The van der Waals surface area contributed by atoms with Crippen LogP contribution in [-0.4, -0.2) is 12.6 Å². The van der Waals surface area contributed by atoms with E-state index < -0.39 is 0 Å². The summed E-state index contributed by atoms with van der Waals surface area (Å²) in [5.41, 5.74) is 1.28. The minimum absolute atomic E-state index is 0.0199. The van der Waals surface area contributed by atoms with Crippen molar-refractivity contribution in [2.45, 2.75) is 79.1 Å². The first-order valence-corrected chi connectivity index (χ1v) is 7.91. The van der Waals surface area contributed by atoms with Crippen LogP contribution >= 0.6 is 0 Å². The summed E-state index contributed by atoms with van der Waals surface area (Å²) < 4.78 is 5.16. The fourth-order valence-electron chi connectivity index (χ4n) is 2.14. The van der Waals surface area contributed by atoms with Crippen molar-refractivity contribution in [3.63, 3.8) is 0 Å². The summed E-state index contributed by atoms with van der Waals surface area (Å²) in [5.74, 6) is 0.0367. The Hall–Kier alpha value is -0.790. The van der Waals surface area contributed by atoms with Gasteiger partial charge in [-0.15, -0.1) is 0 Å². The van der Waals surface area contributed by atoms with Crippen molar-refractivity contribution in [2.24, 2.45) is 5.92 Å². The molecule has 0 saturated carbocycles. The Bertz CT molecular complexity index is 252. The van der Waals surface area contributed by atoms with Crippen LogP contribution in [0.4, 0.5) is 0 Å². The van der Waals surface area contributed by atoms with E-state index in [1.165, 1.54) is 37.7 Å². The molecule has 2 heteroatoms. The van der Waals surface area contributed by atoms with Crippen LogP contribution < -0.4 is 0 Å². The molecule has 0 saturated heterocycles. The lowest BCUT2D eigenvalue weighted by Crippen LogP contribution is -2.17. The smallest absolute Gasteiger partial charge is 0.309 e. The summed E-state index contributed by atoms with van der Waals surface area (Å²) in [4.78, 5) is 11.9. The standard InChI is InChI=1S/C17H32O2/c1-5-7-8-9-10-11-12-16(14-13-15(3)4)17(18)19-6-2/h13,16H,5-12,14H2,1-4H3. The van der Waals surface area contributed by atoms with E-state index in [1.54, 1.807) is 0 Å². The molecule has 0 aromatic heterocycles. The second-order valence-corrected chi connectivity index (χ2v) is 5.52. The van der Waals surface area contributed by atoms with Gasteiger partial charge in [-0.3, -0.25) is 4.79 Å². The molecular formula is C17H32O2. The van der Waals surface area contributed by atoms with E-state index in [1.807, 2.05) is 6.92 Å². The lowest BCUT2D eigenvalue weighted by atomic mass is 9.96. The van der Waals surface area contributed by atoms with Gasteiger partial charge in [-0.1, -0.05) is 57.1 Å². The Balaban J connectivity index is 3.98. The van der Waals surface area contributed by atoms with Crippen molar-refractivity contribution in [1.29, 1.82) is 0 Å². The highest BCUT2D eigenvalue weighted by Gasteiger charge is 2.17. The van der Waals surface area contributed by atoms with Crippen molar-refractivity contribution in [3.8, 4) is 0 Å². The SMILES string of the molecule is CCCCCCCCC(CC=C(C)C)C(=O)OCC. The van der Waals surface area contributed by atoms with Crippen LogP contribution in [0.5, 0.6) is 0 Å². The van der Waals surface area contributed by atoms with Crippen molar-refractivity contribution in [2.75, 3.05) is 6.61 Å². The Morgan fingerprint density at radius 2 is 1.68 bits per heavy atom. The first-order valence-electron chi connectivity index (χ1n) is 7.91. The Labute approximate surface area is 119 Å². The van der Waals surface area contributed by atoms with Gasteiger partial charge in [-0.2, -0.15) is 0 Å². The first kappa shape index (κ1) is 18.2.